The van der Waals surface area contributed by atoms with E-state index in [0.29, 0.717) is 23.8 Å². The van der Waals surface area contributed by atoms with Crippen molar-refractivity contribution < 1.29 is 4.79 Å². The fourth-order valence-electron chi connectivity index (χ4n) is 1.89. The maximum Gasteiger partial charge on any atom is 0.251 e. The van der Waals surface area contributed by atoms with Crippen LogP contribution in [0.1, 0.15) is 41.3 Å². The lowest BCUT2D eigenvalue weighted by molar-refractivity contribution is 0.0951. The summed E-state index contributed by atoms with van der Waals surface area (Å²) in [5.74, 6) is 0.712. The van der Waals surface area contributed by atoms with Gasteiger partial charge in [-0.1, -0.05) is 38.1 Å². The standard InChI is InChI=1S/C16H19N3O/c1-11(2)13-5-3-12(4-6-13)10-19-16(20)14-7-8-18-15(17)9-14/h3-9,11H,10H2,1-2H3,(H2,17,18)(H,19,20). The van der Waals surface area contributed by atoms with Crippen molar-refractivity contribution >= 4 is 11.7 Å². The van der Waals surface area contributed by atoms with Gasteiger partial charge in [0.2, 0.25) is 0 Å². The molecule has 0 aliphatic carbocycles. The quantitative estimate of drug-likeness (QED) is 0.896. The van der Waals surface area contributed by atoms with Gasteiger partial charge in [-0.15, -0.1) is 0 Å². The Balaban J connectivity index is 1.96. The number of amides is 1. The zero-order valence-electron chi connectivity index (χ0n) is 11.8. The molecule has 2 aromatic rings. The van der Waals surface area contributed by atoms with Crippen LogP contribution in [0.5, 0.6) is 0 Å². The molecule has 0 aliphatic rings. The van der Waals surface area contributed by atoms with E-state index < -0.39 is 0 Å². The highest BCUT2D eigenvalue weighted by molar-refractivity contribution is 5.94. The van der Waals surface area contributed by atoms with Crippen LogP contribution in [0.4, 0.5) is 5.82 Å². The Hall–Kier alpha value is -2.36. The average Bonchev–Trinajstić information content (AvgIpc) is 2.45. The summed E-state index contributed by atoms with van der Waals surface area (Å²) in [7, 11) is 0. The summed E-state index contributed by atoms with van der Waals surface area (Å²) >= 11 is 0. The van der Waals surface area contributed by atoms with Crippen LogP contribution >= 0.6 is 0 Å². The van der Waals surface area contributed by atoms with Gasteiger partial charge < -0.3 is 11.1 Å². The molecule has 1 amide bonds. The van der Waals surface area contributed by atoms with E-state index in [9.17, 15) is 4.79 Å². The summed E-state index contributed by atoms with van der Waals surface area (Å²) in [5.41, 5.74) is 8.45. The lowest BCUT2D eigenvalue weighted by Gasteiger charge is -2.08. The summed E-state index contributed by atoms with van der Waals surface area (Å²) in [6.45, 7) is 4.81. The first-order valence-electron chi connectivity index (χ1n) is 6.65. The van der Waals surface area contributed by atoms with E-state index in [4.69, 9.17) is 5.73 Å². The molecule has 2 rings (SSSR count). The van der Waals surface area contributed by atoms with Crippen LogP contribution in [0.25, 0.3) is 0 Å². The second kappa shape index (κ2) is 6.19. The van der Waals surface area contributed by atoms with Crippen molar-refractivity contribution in [1.82, 2.24) is 10.3 Å². The van der Waals surface area contributed by atoms with Gasteiger partial charge in [0.05, 0.1) is 0 Å². The molecule has 1 aromatic carbocycles. The second-order valence-corrected chi connectivity index (χ2v) is 5.05. The second-order valence-electron chi connectivity index (χ2n) is 5.05. The molecule has 0 unspecified atom stereocenters. The fourth-order valence-corrected chi connectivity index (χ4v) is 1.89. The molecule has 0 saturated carbocycles. The molecule has 0 spiro atoms. The van der Waals surface area contributed by atoms with Crippen molar-refractivity contribution in [2.75, 3.05) is 5.73 Å². The number of nitrogens with two attached hydrogens (primary N) is 1. The number of carbonyl (C=O) groups is 1. The number of nitrogen functional groups attached to an aromatic ring is 1. The molecule has 0 bridgehead atoms. The molecular formula is C16H19N3O. The topological polar surface area (TPSA) is 68.0 Å². The van der Waals surface area contributed by atoms with Gasteiger partial charge in [-0.05, 0) is 29.2 Å². The number of rotatable bonds is 4. The minimum absolute atomic E-state index is 0.146. The van der Waals surface area contributed by atoms with Crippen molar-refractivity contribution in [3.05, 3.63) is 59.3 Å². The maximum absolute atomic E-state index is 12.0. The maximum atomic E-state index is 12.0. The van der Waals surface area contributed by atoms with Crippen molar-refractivity contribution in [3.8, 4) is 0 Å². The number of hydrogen-bond donors (Lipinski definition) is 2. The number of pyridine rings is 1. The van der Waals surface area contributed by atoms with Gasteiger partial charge in [-0.2, -0.15) is 0 Å². The molecular weight excluding hydrogens is 250 g/mol. The van der Waals surface area contributed by atoms with Crippen molar-refractivity contribution in [2.24, 2.45) is 0 Å². The molecule has 4 heteroatoms. The summed E-state index contributed by atoms with van der Waals surface area (Å²) in [5, 5.41) is 2.87. The molecule has 20 heavy (non-hydrogen) atoms. The third kappa shape index (κ3) is 3.57. The van der Waals surface area contributed by atoms with Crippen LogP contribution in [0.3, 0.4) is 0 Å². The molecule has 1 aromatic heterocycles. The van der Waals surface area contributed by atoms with Gasteiger partial charge in [-0.3, -0.25) is 4.79 Å². The molecule has 3 N–H and O–H groups in total. The highest BCUT2D eigenvalue weighted by Gasteiger charge is 2.06. The normalized spacial score (nSPS) is 10.6. The van der Waals surface area contributed by atoms with Gasteiger partial charge in [0.1, 0.15) is 5.82 Å². The Bertz CT molecular complexity index is 591. The van der Waals surface area contributed by atoms with Crippen molar-refractivity contribution in [1.29, 1.82) is 0 Å². The predicted molar refractivity (Wildman–Crippen MR) is 80.4 cm³/mol. The zero-order chi connectivity index (χ0) is 14.5. The molecule has 0 aliphatic heterocycles. The zero-order valence-corrected chi connectivity index (χ0v) is 11.8. The third-order valence-electron chi connectivity index (χ3n) is 3.14. The van der Waals surface area contributed by atoms with E-state index in [1.807, 2.05) is 12.1 Å². The molecule has 0 radical (unpaired) electrons. The van der Waals surface area contributed by atoms with Crippen LogP contribution in [0.2, 0.25) is 0 Å². The highest BCUT2D eigenvalue weighted by atomic mass is 16.1. The Labute approximate surface area is 119 Å². The van der Waals surface area contributed by atoms with Gasteiger partial charge >= 0.3 is 0 Å². The van der Waals surface area contributed by atoms with E-state index in [1.165, 1.54) is 11.8 Å². The lowest BCUT2D eigenvalue weighted by atomic mass is 10.0. The van der Waals surface area contributed by atoms with Crippen LogP contribution in [0, 0.1) is 0 Å². The Morgan fingerprint density at radius 3 is 2.55 bits per heavy atom. The van der Waals surface area contributed by atoms with E-state index in [1.54, 1.807) is 12.1 Å². The summed E-state index contributed by atoms with van der Waals surface area (Å²) in [6.07, 6.45) is 1.53. The molecule has 104 valence electrons. The number of nitrogens with zero attached hydrogens (tertiary/aromatic N) is 1. The molecule has 0 saturated heterocycles. The monoisotopic (exact) mass is 269 g/mol. The number of hydrogen-bond acceptors (Lipinski definition) is 3. The Morgan fingerprint density at radius 1 is 1.25 bits per heavy atom. The lowest BCUT2D eigenvalue weighted by Crippen LogP contribution is -2.22. The molecule has 4 nitrogen and oxygen atoms in total. The number of carbonyl (C=O) groups excluding carboxylic acids is 1. The predicted octanol–water partition coefficient (Wildman–Crippen LogP) is 2.72. The summed E-state index contributed by atoms with van der Waals surface area (Å²) < 4.78 is 0. The number of nitrogens with one attached hydrogen (secondary N) is 1. The Morgan fingerprint density at radius 2 is 1.95 bits per heavy atom. The van der Waals surface area contributed by atoms with Crippen LogP contribution in [-0.4, -0.2) is 10.9 Å². The van der Waals surface area contributed by atoms with E-state index in [2.05, 4.69) is 36.3 Å². The Kier molecular flexibility index (Phi) is 4.35. The van der Waals surface area contributed by atoms with Crippen LogP contribution in [0.15, 0.2) is 42.6 Å². The number of aromatic nitrogens is 1. The minimum atomic E-state index is -0.146. The smallest absolute Gasteiger partial charge is 0.251 e. The van der Waals surface area contributed by atoms with Crippen molar-refractivity contribution in [2.45, 2.75) is 26.3 Å². The molecule has 1 heterocycles. The first kappa shape index (κ1) is 14.1. The van der Waals surface area contributed by atoms with Crippen LogP contribution < -0.4 is 11.1 Å². The van der Waals surface area contributed by atoms with Crippen LogP contribution in [-0.2, 0) is 6.54 Å². The van der Waals surface area contributed by atoms with Gasteiger partial charge in [-0.25, -0.2) is 4.98 Å². The van der Waals surface area contributed by atoms with Gasteiger partial charge in [0.15, 0.2) is 0 Å². The van der Waals surface area contributed by atoms with E-state index >= 15 is 0 Å². The number of benzene rings is 1. The average molecular weight is 269 g/mol. The summed E-state index contributed by atoms with van der Waals surface area (Å²) in [6, 6.07) is 11.5. The first-order valence-corrected chi connectivity index (χ1v) is 6.65. The van der Waals surface area contributed by atoms with E-state index in [0.717, 1.165) is 5.56 Å². The molecule has 0 atom stereocenters. The van der Waals surface area contributed by atoms with Gasteiger partial charge in [0, 0.05) is 18.3 Å². The highest BCUT2D eigenvalue weighted by Crippen LogP contribution is 2.14. The molecule has 0 fully saturated rings. The number of anilines is 1. The van der Waals surface area contributed by atoms with Crippen molar-refractivity contribution in [3.63, 3.8) is 0 Å². The van der Waals surface area contributed by atoms with Gasteiger partial charge in [0.25, 0.3) is 5.91 Å². The minimum Gasteiger partial charge on any atom is -0.384 e. The summed E-state index contributed by atoms with van der Waals surface area (Å²) in [4.78, 5) is 15.8. The largest absolute Gasteiger partial charge is 0.384 e. The van der Waals surface area contributed by atoms with E-state index in [-0.39, 0.29) is 5.91 Å². The third-order valence-corrected chi connectivity index (χ3v) is 3.14. The first-order chi connectivity index (χ1) is 9.56. The SMILES string of the molecule is CC(C)c1ccc(CNC(=O)c2ccnc(N)c2)cc1. The fraction of sp³-hybridized carbons (Fsp3) is 0.250.